The molecule has 15 heteroatoms. The fourth-order valence-corrected chi connectivity index (χ4v) is 6.38. The summed E-state index contributed by atoms with van der Waals surface area (Å²) in [5.41, 5.74) is 0.0156. The van der Waals surface area contributed by atoms with E-state index in [1.807, 2.05) is 6.92 Å². The van der Waals surface area contributed by atoms with Crippen LogP contribution in [0.25, 0.3) is 10.7 Å². The molecule has 4 heterocycles. The summed E-state index contributed by atoms with van der Waals surface area (Å²) in [5, 5.41) is 32.2. The first-order chi connectivity index (χ1) is 17.2. The summed E-state index contributed by atoms with van der Waals surface area (Å²) in [4.78, 5) is 23.3. The number of aromatic nitrogens is 5. The molecule has 3 aromatic heterocycles. The normalized spacial score (nSPS) is 24.1. The molecule has 0 bridgehead atoms. The van der Waals surface area contributed by atoms with Crippen LogP contribution >= 0.6 is 50.6 Å². The molecule has 0 spiro atoms. The highest BCUT2D eigenvalue weighted by Gasteiger charge is 2.48. The van der Waals surface area contributed by atoms with Crippen LogP contribution in [0.5, 0.6) is 0 Å². The van der Waals surface area contributed by atoms with Crippen LogP contribution in [0.3, 0.4) is 0 Å². The highest BCUT2D eigenvalue weighted by Crippen LogP contribution is 2.41. The van der Waals surface area contributed by atoms with Crippen molar-refractivity contribution in [3.8, 4) is 10.7 Å². The Kier molecular flexibility index (Phi) is 8.99. The zero-order valence-corrected chi connectivity index (χ0v) is 23.5. The van der Waals surface area contributed by atoms with Crippen molar-refractivity contribution >= 4 is 56.5 Å². The number of hydrogen-bond acceptors (Lipinski definition) is 11. The third-order valence-corrected chi connectivity index (χ3v) is 8.16. The van der Waals surface area contributed by atoms with Gasteiger partial charge in [-0.3, -0.25) is 4.79 Å². The molecule has 1 saturated heterocycles. The largest absolute Gasteiger partial charge is 0.394 e. The van der Waals surface area contributed by atoms with E-state index >= 15 is 0 Å². The number of nitrogens with zero attached hydrogens (tertiary/aromatic N) is 6. The summed E-state index contributed by atoms with van der Waals surface area (Å²) in [7, 11) is 3.29. The molecule has 3 aromatic rings. The summed E-state index contributed by atoms with van der Waals surface area (Å²) in [6.45, 7) is 1.72. The van der Waals surface area contributed by atoms with E-state index in [2.05, 4.69) is 36.2 Å². The predicted octanol–water partition coefficient (Wildman–Crippen LogP) is 2.73. The van der Waals surface area contributed by atoms with E-state index in [0.29, 0.717) is 31.8 Å². The van der Waals surface area contributed by atoms with Crippen LogP contribution in [0.15, 0.2) is 33.2 Å². The van der Waals surface area contributed by atoms with Gasteiger partial charge in [0.25, 0.3) is 5.91 Å². The highest BCUT2D eigenvalue weighted by molar-refractivity contribution is 9.10. The fourth-order valence-electron chi connectivity index (χ4n) is 3.73. The smallest absolute Gasteiger partial charge is 0.273 e. The van der Waals surface area contributed by atoms with Crippen LogP contribution in [0.4, 0.5) is 0 Å². The second-order valence-electron chi connectivity index (χ2n) is 8.00. The van der Waals surface area contributed by atoms with Crippen LogP contribution < -0.4 is 0 Å². The molecule has 0 aliphatic carbocycles. The van der Waals surface area contributed by atoms with Gasteiger partial charge in [0.2, 0.25) is 0 Å². The molecular weight excluding hydrogens is 596 g/mol. The summed E-state index contributed by atoms with van der Waals surface area (Å²) in [6, 6.07) is 1.02. The number of carbonyl (C=O) groups is 1. The zero-order chi connectivity index (χ0) is 26.0. The SMILES string of the molecule is CCOC1[C@@H](Sc2cc(Br)cnc2C(=O)N(C)C)OC(CO)[C@H](O)[C@@H]1n1cc(-c2nc(Cl)cs2)nn1. The first kappa shape index (κ1) is 27.4. The molecule has 1 amide bonds. The maximum atomic E-state index is 12.8. The Labute approximate surface area is 228 Å². The zero-order valence-electron chi connectivity index (χ0n) is 19.5. The minimum absolute atomic E-state index is 0.249. The molecule has 0 aromatic carbocycles. The van der Waals surface area contributed by atoms with Crippen LogP contribution in [0, 0.1) is 0 Å². The Balaban J connectivity index is 1.71. The van der Waals surface area contributed by atoms with E-state index in [1.165, 1.54) is 32.7 Å². The maximum Gasteiger partial charge on any atom is 0.273 e. The van der Waals surface area contributed by atoms with Crippen molar-refractivity contribution < 1.29 is 24.5 Å². The summed E-state index contributed by atoms with van der Waals surface area (Å²) < 4.78 is 14.3. The van der Waals surface area contributed by atoms with E-state index in [-0.39, 0.29) is 11.6 Å². The van der Waals surface area contributed by atoms with Gasteiger partial charge in [-0.25, -0.2) is 14.6 Å². The number of carbonyl (C=O) groups excluding carboxylic acids is 1. The van der Waals surface area contributed by atoms with Crippen molar-refractivity contribution in [2.75, 3.05) is 27.3 Å². The van der Waals surface area contributed by atoms with E-state index in [9.17, 15) is 15.0 Å². The lowest BCUT2D eigenvalue weighted by Crippen LogP contribution is -2.56. The summed E-state index contributed by atoms with van der Waals surface area (Å²) in [5.74, 6) is -0.271. The molecule has 0 radical (unpaired) electrons. The molecule has 194 valence electrons. The Bertz CT molecular complexity index is 1210. The van der Waals surface area contributed by atoms with Crippen molar-refractivity contribution in [1.82, 2.24) is 29.9 Å². The van der Waals surface area contributed by atoms with Gasteiger partial charge < -0.3 is 24.6 Å². The molecule has 0 saturated carbocycles. The van der Waals surface area contributed by atoms with Gasteiger partial charge in [-0.2, -0.15) is 0 Å². The van der Waals surface area contributed by atoms with Gasteiger partial charge in [-0.1, -0.05) is 28.6 Å². The number of rotatable bonds is 8. The van der Waals surface area contributed by atoms with Gasteiger partial charge >= 0.3 is 0 Å². The summed E-state index contributed by atoms with van der Waals surface area (Å²) in [6.07, 6.45) is 0.403. The van der Waals surface area contributed by atoms with Crippen molar-refractivity contribution in [1.29, 1.82) is 0 Å². The van der Waals surface area contributed by atoms with Crippen LogP contribution in [0.1, 0.15) is 23.5 Å². The first-order valence-corrected chi connectivity index (χ1v) is 13.8. The molecule has 2 N–H and O–H groups in total. The number of hydrogen-bond donors (Lipinski definition) is 2. The number of thioether (sulfide) groups is 1. The number of thiazole rings is 1. The maximum absolute atomic E-state index is 12.8. The topological polar surface area (TPSA) is 136 Å². The molecule has 11 nitrogen and oxygen atoms in total. The molecule has 36 heavy (non-hydrogen) atoms. The minimum atomic E-state index is -1.15. The highest BCUT2D eigenvalue weighted by atomic mass is 79.9. The Hall–Kier alpha value is -1.65. The Morgan fingerprint density at radius 2 is 2.22 bits per heavy atom. The fraction of sp³-hybridized carbons (Fsp3) is 0.476. The third kappa shape index (κ3) is 5.75. The average Bonchev–Trinajstić information content (AvgIpc) is 3.50. The van der Waals surface area contributed by atoms with E-state index in [4.69, 9.17) is 21.1 Å². The molecule has 1 aliphatic rings. The molecule has 2 unspecified atom stereocenters. The second-order valence-corrected chi connectivity index (χ2v) is 11.3. The van der Waals surface area contributed by atoms with E-state index < -0.39 is 36.4 Å². The van der Waals surface area contributed by atoms with Gasteiger partial charge in [-0.15, -0.1) is 16.4 Å². The van der Waals surface area contributed by atoms with Crippen molar-refractivity contribution in [3.63, 3.8) is 0 Å². The standard InChI is InChI=1S/C21H24BrClN6O5S2/c1-4-33-18-16(29-7-11(26-27-29)19-25-14(23)9-35-19)17(31)12(8-30)34-21(18)36-13-5-10(22)6-24-15(13)20(32)28(2)3/h5-7,9,12,16-18,21,30-31H,4,8H2,1-3H3/t12?,16-,17-,18?,21+/m0/s1. The summed E-state index contributed by atoms with van der Waals surface area (Å²) >= 11 is 11.9. The van der Waals surface area contributed by atoms with Crippen LogP contribution in [-0.4, -0.2) is 97.0 Å². The van der Waals surface area contributed by atoms with Crippen molar-refractivity contribution in [2.45, 2.75) is 41.6 Å². The number of halogens is 2. The number of ether oxygens (including phenoxy) is 2. The monoisotopic (exact) mass is 618 g/mol. The van der Waals surface area contributed by atoms with Crippen molar-refractivity contribution in [3.05, 3.63) is 39.2 Å². The quantitative estimate of drug-likeness (QED) is 0.387. The predicted molar refractivity (Wildman–Crippen MR) is 138 cm³/mol. The van der Waals surface area contributed by atoms with Gasteiger partial charge in [-0.05, 0) is 28.9 Å². The molecule has 4 rings (SSSR count). The Morgan fingerprint density at radius 1 is 1.44 bits per heavy atom. The van der Waals surface area contributed by atoms with Gasteiger partial charge in [0.05, 0.1) is 12.8 Å². The number of pyridine rings is 1. The van der Waals surface area contributed by atoms with Gasteiger partial charge in [0.15, 0.2) is 0 Å². The van der Waals surface area contributed by atoms with E-state index in [1.54, 1.807) is 37.9 Å². The number of amides is 1. The first-order valence-electron chi connectivity index (χ1n) is 10.9. The number of aliphatic hydroxyl groups is 2. The molecular formula is C21H24BrClN6O5S2. The molecule has 1 fully saturated rings. The van der Waals surface area contributed by atoms with Gasteiger partial charge in [0, 0.05) is 41.6 Å². The van der Waals surface area contributed by atoms with Gasteiger partial charge in [0.1, 0.15) is 51.3 Å². The average molecular weight is 620 g/mol. The van der Waals surface area contributed by atoms with E-state index in [0.717, 1.165) is 0 Å². The third-order valence-electron chi connectivity index (χ3n) is 5.37. The van der Waals surface area contributed by atoms with Crippen LogP contribution in [0.2, 0.25) is 5.15 Å². The minimum Gasteiger partial charge on any atom is -0.394 e. The Morgan fingerprint density at radius 3 is 2.86 bits per heavy atom. The van der Waals surface area contributed by atoms with Crippen molar-refractivity contribution in [2.24, 2.45) is 0 Å². The lowest BCUT2D eigenvalue weighted by molar-refractivity contribution is -0.191. The second kappa shape index (κ2) is 11.8. The lowest BCUT2D eigenvalue weighted by atomic mass is 9.97. The molecule has 5 atom stereocenters. The number of aliphatic hydroxyl groups excluding tert-OH is 2. The lowest BCUT2D eigenvalue weighted by Gasteiger charge is -2.43. The molecule has 1 aliphatic heterocycles. The van der Waals surface area contributed by atoms with Crippen LogP contribution in [-0.2, 0) is 9.47 Å².